The third-order valence-electron chi connectivity index (χ3n) is 2.15. The Labute approximate surface area is 98.7 Å². The number of carbonyl (C=O) groups is 1. The van der Waals surface area contributed by atoms with Gasteiger partial charge in [0.05, 0.1) is 11.2 Å². The summed E-state index contributed by atoms with van der Waals surface area (Å²) in [5.41, 5.74) is -1.43. The van der Waals surface area contributed by atoms with E-state index in [1.165, 1.54) is 33.0 Å². The van der Waals surface area contributed by atoms with Crippen molar-refractivity contribution in [3.63, 3.8) is 0 Å². The Balaban J connectivity index is 2.93. The summed E-state index contributed by atoms with van der Waals surface area (Å²) in [5.74, 6) is -2.89. The van der Waals surface area contributed by atoms with Crippen LogP contribution in [0.5, 0.6) is 0 Å². The lowest BCUT2D eigenvalue weighted by Gasteiger charge is -2.25. The molecule has 0 aliphatic heterocycles. The van der Waals surface area contributed by atoms with Gasteiger partial charge in [-0.3, -0.25) is 4.79 Å². The number of likely N-dealkylation sites (N-methyl/N-ethyl adjacent to an activating group) is 1. The Morgan fingerprint density at radius 1 is 1.41 bits per heavy atom. The van der Waals surface area contributed by atoms with E-state index >= 15 is 0 Å². The first-order valence-electron chi connectivity index (χ1n) is 5.14. The minimum Gasteiger partial charge on any atom is -0.389 e. The van der Waals surface area contributed by atoms with E-state index in [4.69, 9.17) is 0 Å². The molecule has 0 radical (unpaired) electrons. The average Bonchev–Trinajstić information content (AvgIpc) is 2.18. The van der Waals surface area contributed by atoms with E-state index in [0.29, 0.717) is 0 Å². The van der Waals surface area contributed by atoms with Crippen LogP contribution in [0, 0.1) is 11.6 Å². The van der Waals surface area contributed by atoms with Gasteiger partial charge in [0, 0.05) is 13.6 Å². The molecular formula is C12H15F2NO2. The highest BCUT2D eigenvalue weighted by molar-refractivity contribution is 5.94. The number of hydrogen-bond donors (Lipinski definition) is 1. The fourth-order valence-electron chi connectivity index (χ4n) is 1.53. The van der Waals surface area contributed by atoms with Gasteiger partial charge in [-0.25, -0.2) is 8.78 Å². The summed E-state index contributed by atoms with van der Waals surface area (Å²) in [7, 11) is 1.42. The zero-order valence-electron chi connectivity index (χ0n) is 10.00. The summed E-state index contributed by atoms with van der Waals surface area (Å²) in [5, 5.41) is 9.55. The van der Waals surface area contributed by atoms with E-state index in [0.717, 1.165) is 11.0 Å². The summed E-state index contributed by atoms with van der Waals surface area (Å²) < 4.78 is 26.3. The predicted molar refractivity (Wildman–Crippen MR) is 59.6 cm³/mol. The number of halogens is 2. The lowest BCUT2D eigenvalue weighted by atomic mass is 10.1. The first-order chi connectivity index (χ1) is 7.72. The highest BCUT2D eigenvalue weighted by atomic mass is 19.2. The van der Waals surface area contributed by atoms with Crippen LogP contribution in [0.25, 0.3) is 0 Å². The Morgan fingerprint density at radius 2 is 2.00 bits per heavy atom. The number of carbonyl (C=O) groups excluding carboxylic acids is 1. The zero-order chi connectivity index (χ0) is 13.2. The van der Waals surface area contributed by atoms with Crippen LogP contribution >= 0.6 is 0 Å². The minimum atomic E-state index is -1.17. The van der Waals surface area contributed by atoms with Crippen LogP contribution in [-0.4, -0.2) is 35.1 Å². The Kier molecular flexibility index (Phi) is 3.83. The maximum atomic E-state index is 13.4. The molecular weight excluding hydrogens is 228 g/mol. The molecule has 0 spiro atoms. The van der Waals surface area contributed by atoms with E-state index in [-0.39, 0.29) is 12.1 Å². The van der Waals surface area contributed by atoms with Gasteiger partial charge in [0.2, 0.25) is 0 Å². The van der Waals surface area contributed by atoms with Gasteiger partial charge in [-0.2, -0.15) is 0 Å². The molecule has 0 aromatic heterocycles. The highest BCUT2D eigenvalue weighted by Gasteiger charge is 2.23. The number of benzene rings is 1. The van der Waals surface area contributed by atoms with Crippen LogP contribution in [-0.2, 0) is 0 Å². The standard InChI is InChI=1S/C12H15F2NO2/c1-12(2,17)7-15(3)11(16)8-5-4-6-9(13)10(8)14/h4-6,17H,7H2,1-3H3. The van der Waals surface area contributed by atoms with Crippen molar-refractivity contribution >= 4 is 5.91 Å². The molecule has 0 saturated carbocycles. The first kappa shape index (κ1) is 13.6. The van der Waals surface area contributed by atoms with E-state index in [9.17, 15) is 18.7 Å². The molecule has 0 bridgehead atoms. The topological polar surface area (TPSA) is 40.5 Å². The second kappa shape index (κ2) is 4.79. The molecule has 0 saturated heterocycles. The molecule has 0 aliphatic rings. The summed E-state index contributed by atoms with van der Waals surface area (Å²) in [6.45, 7) is 3.08. The van der Waals surface area contributed by atoms with Crippen molar-refractivity contribution in [2.75, 3.05) is 13.6 Å². The smallest absolute Gasteiger partial charge is 0.256 e. The van der Waals surface area contributed by atoms with Crippen molar-refractivity contribution in [1.29, 1.82) is 0 Å². The van der Waals surface area contributed by atoms with Gasteiger partial charge in [-0.05, 0) is 26.0 Å². The van der Waals surface area contributed by atoms with Crippen LogP contribution < -0.4 is 0 Å². The van der Waals surface area contributed by atoms with Crippen LogP contribution in [0.4, 0.5) is 8.78 Å². The van der Waals surface area contributed by atoms with Gasteiger partial charge >= 0.3 is 0 Å². The molecule has 0 unspecified atom stereocenters. The molecule has 1 N–H and O–H groups in total. The highest BCUT2D eigenvalue weighted by Crippen LogP contribution is 2.14. The average molecular weight is 243 g/mol. The minimum absolute atomic E-state index is 0.0296. The van der Waals surface area contributed by atoms with Gasteiger partial charge < -0.3 is 10.0 Å². The third-order valence-corrected chi connectivity index (χ3v) is 2.15. The van der Waals surface area contributed by atoms with Crippen molar-refractivity contribution in [3.8, 4) is 0 Å². The Morgan fingerprint density at radius 3 is 2.53 bits per heavy atom. The molecule has 3 nitrogen and oxygen atoms in total. The largest absolute Gasteiger partial charge is 0.389 e. The molecule has 94 valence electrons. The molecule has 1 amide bonds. The molecule has 0 heterocycles. The molecule has 1 aromatic rings. The molecule has 17 heavy (non-hydrogen) atoms. The normalized spacial score (nSPS) is 11.4. The quantitative estimate of drug-likeness (QED) is 0.879. The summed E-state index contributed by atoms with van der Waals surface area (Å²) in [6, 6.07) is 3.42. The maximum absolute atomic E-state index is 13.4. The number of rotatable bonds is 3. The second-order valence-electron chi connectivity index (χ2n) is 4.58. The second-order valence-corrected chi connectivity index (χ2v) is 4.58. The summed E-state index contributed by atoms with van der Waals surface area (Å²) in [6.07, 6.45) is 0. The zero-order valence-corrected chi connectivity index (χ0v) is 10.00. The van der Waals surface area contributed by atoms with Gasteiger partial charge in [0.25, 0.3) is 5.91 Å². The number of nitrogens with zero attached hydrogens (tertiary/aromatic N) is 1. The first-order valence-corrected chi connectivity index (χ1v) is 5.14. The van der Waals surface area contributed by atoms with Crippen molar-refractivity contribution in [2.45, 2.75) is 19.4 Å². The molecule has 0 fully saturated rings. The van der Waals surface area contributed by atoms with Crippen LogP contribution in [0.1, 0.15) is 24.2 Å². The van der Waals surface area contributed by atoms with Crippen molar-refractivity contribution in [1.82, 2.24) is 4.90 Å². The fraction of sp³-hybridized carbons (Fsp3) is 0.417. The monoisotopic (exact) mass is 243 g/mol. The number of aliphatic hydroxyl groups is 1. The van der Waals surface area contributed by atoms with Crippen molar-refractivity contribution in [2.24, 2.45) is 0 Å². The fourth-order valence-corrected chi connectivity index (χ4v) is 1.53. The van der Waals surface area contributed by atoms with Crippen LogP contribution in [0.15, 0.2) is 18.2 Å². The van der Waals surface area contributed by atoms with Crippen molar-refractivity contribution in [3.05, 3.63) is 35.4 Å². The van der Waals surface area contributed by atoms with E-state index in [1.54, 1.807) is 0 Å². The van der Waals surface area contributed by atoms with Gasteiger partial charge in [0.1, 0.15) is 0 Å². The molecule has 0 aliphatic carbocycles. The molecule has 5 heteroatoms. The Bertz CT molecular complexity index is 427. The van der Waals surface area contributed by atoms with E-state index in [1.807, 2.05) is 0 Å². The summed E-state index contributed by atoms with van der Waals surface area (Å²) >= 11 is 0. The van der Waals surface area contributed by atoms with E-state index < -0.39 is 23.1 Å². The van der Waals surface area contributed by atoms with Crippen LogP contribution in [0.3, 0.4) is 0 Å². The maximum Gasteiger partial charge on any atom is 0.256 e. The van der Waals surface area contributed by atoms with Gasteiger partial charge in [-0.1, -0.05) is 6.07 Å². The SMILES string of the molecule is CN(CC(C)(C)O)C(=O)c1cccc(F)c1F. The number of amides is 1. The van der Waals surface area contributed by atoms with Gasteiger partial charge in [-0.15, -0.1) is 0 Å². The predicted octanol–water partition coefficient (Wildman–Crippen LogP) is 1.81. The number of hydrogen-bond acceptors (Lipinski definition) is 2. The third kappa shape index (κ3) is 3.49. The van der Waals surface area contributed by atoms with Crippen LogP contribution in [0.2, 0.25) is 0 Å². The lowest BCUT2D eigenvalue weighted by molar-refractivity contribution is 0.0365. The van der Waals surface area contributed by atoms with E-state index in [2.05, 4.69) is 0 Å². The summed E-state index contributed by atoms with van der Waals surface area (Å²) in [4.78, 5) is 13.0. The van der Waals surface area contributed by atoms with Crippen molar-refractivity contribution < 1.29 is 18.7 Å². The van der Waals surface area contributed by atoms with Gasteiger partial charge in [0.15, 0.2) is 11.6 Å². The Hall–Kier alpha value is -1.49. The molecule has 1 rings (SSSR count). The molecule has 1 aromatic carbocycles. The lowest BCUT2D eigenvalue weighted by Crippen LogP contribution is -2.40. The molecule has 0 atom stereocenters.